The van der Waals surface area contributed by atoms with Gasteiger partial charge in [-0.25, -0.2) is 4.98 Å². The van der Waals surface area contributed by atoms with E-state index in [2.05, 4.69) is 36.5 Å². The lowest BCUT2D eigenvalue weighted by Crippen LogP contribution is -2.08. The minimum Gasteiger partial charge on any atom is -0.334 e. The molecule has 0 saturated heterocycles. The van der Waals surface area contributed by atoms with Crippen LogP contribution in [0.5, 0.6) is 0 Å². The van der Waals surface area contributed by atoms with Gasteiger partial charge < -0.3 is 10.3 Å². The molecular weight excluding hydrogens is 186 g/mol. The van der Waals surface area contributed by atoms with E-state index in [0.29, 0.717) is 5.92 Å². The van der Waals surface area contributed by atoms with Crippen LogP contribution < -0.4 is 5.73 Å². The summed E-state index contributed by atoms with van der Waals surface area (Å²) in [5, 5.41) is 0. The van der Waals surface area contributed by atoms with Crippen molar-refractivity contribution in [2.45, 2.75) is 52.5 Å². The first kappa shape index (κ1) is 12.2. The molecule has 0 fully saturated rings. The van der Waals surface area contributed by atoms with Gasteiger partial charge in [0.05, 0.1) is 5.69 Å². The molecule has 86 valence electrons. The number of imidazole rings is 1. The van der Waals surface area contributed by atoms with Crippen LogP contribution in [0.1, 0.15) is 51.0 Å². The molecule has 2 N–H and O–H groups in total. The summed E-state index contributed by atoms with van der Waals surface area (Å²) >= 11 is 0. The fraction of sp³-hybridized carbons (Fsp3) is 0.750. The van der Waals surface area contributed by atoms with Crippen LogP contribution >= 0.6 is 0 Å². The average Bonchev–Trinajstić information content (AvgIpc) is 2.59. The van der Waals surface area contributed by atoms with E-state index in [4.69, 9.17) is 5.73 Å². The Labute approximate surface area is 92.7 Å². The highest BCUT2D eigenvalue weighted by Crippen LogP contribution is 2.15. The zero-order chi connectivity index (χ0) is 11.3. The number of nitrogens with two attached hydrogens (primary N) is 1. The normalized spacial score (nSPS) is 11.3. The molecule has 3 heteroatoms. The summed E-state index contributed by atoms with van der Waals surface area (Å²) < 4.78 is 2.27. The molecule has 0 aromatic carbocycles. The molecule has 1 heterocycles. The minimum absolute atomic E-state index is 0.494. The third-order valence-electron chi connectivity index (χ3n) is 2.48. The predicted molar refractivity (Wildman–Crippen MR) is 64.0 cm³/mol. The average molecular weight is 209 g/mol. The Kier molecular flexibility index (Phi) is 4.82. The van der Waals surface area contributed by atoms with Crippen molar-refractivity contribution in [2.75, 3.05) is 6.54 Å². The van der Waals surface area contributed by atoms with E-state index < -0.39 is 0 Å². The number of hydrogen-bond donors (Lipinski definition) is 1. The fourth-order valence-electron chi connectivity index (χ4n) is 1.76. The van der Waals surface area contributed by atoms with E-state index in [1.165, 1.54) is 11.5 Å². The summed E-state index contributed by atoms with van der Waals surface area (Å²) in [6.45, 7) is 8.32. The quantitative estimate of drug-likeness (QED) is 0.781. The first-order valence-corrected chi connectivity index (χ1v) is 5.95. The third kappa shape index (κ3) is 3.34. The zero-order valence-electron chi connectivity index (χ0n) is 10.2. The first-order valence-electron chi connectivity index (χ1n) is 5.95. The largest absolute Gasteiger partial charge is 0.334 e. The van der Waals surface area contributed by atoms with Crippen molar-refractivity contribution in [3.8, 4) is 0 Å². The molecule has 1 aromatic rings. The highest BCUT2D eigenvalue weighted by Gasteiger charge is 2.10. The molecule has 0 unspecified atom stereocenters. The van der Waals surface area contributed by atoms with E-state index in [0.717, 1.165) is 32.4 Å². The molecule has 0 saturated carbocycles. The Morgan fingerprint density at radius 3 is 2.73 bits per heavy atom. The number of nitrogens with zero attached hydrogens (tertiary/aromatic N) is 2. The van der Waals surface area contributed by atoms with Crippen LogP contribution in [0.25, 0.3) is 0 Å². The van der Waals surface area contributed by atoms with E-state index in [1.54, 1.807) is 0 Å². The van der Waals surface area contributed by atoms with E-state index in [9.17, 15) is 0 Å². The molecule has 0 atom stereocenters. The Hall–Kier alpha value is -0.830. The lowest BCUT2D eigenvalue weighted by Gasteiger charge is -2.08. The van der Waals surface area contributed by atoms with Gasteiger partial charge in [0.25, 0.3) is 0 Å². The van der Waals surface area contributed by atoms with Gasteiger partial charge in [-0.1, -0.05) is 27.2 Å². The second-order valence-corrected chi connectivity index (χ2v) is 4.33. The zero-order valence-corrected chi connectivity index (χ0v) is 10.2. The molecule has 1 aromatic heterocycles. The van der Waals surface area contributed by atoms with Gasteiger partial charge in [0.2, 0.25) is 0 Å². The number of aryl methyl sites for hydroxylation is 2. The van der Waals surface area contributed by atoms with Crippen LogP contribution in [-0.4, -0.2) is 16.1 Å². The molecule has 0 spiro atoms. The van der Waals surface area contributed by atoms with Gasteiger partial charge in [-0.15, -0.1) is 0 Å². The fourth-order valence-corrected chi connectivity index (χ4v) is 1.76. The van der Waals surface area contributed by atoms with Crippen LogP contribution in [0.2, 0.25) is 0 Å². The Morgan fingerprint density at radius 1 is 1.47 bits per heavy atom. The SMILES string of the molecule is CCCc1cn(CCCN)c(C(C)C)n1. The maximum absolute atomic E-state index is 5.53. The number of rotatable bonds is 6. The van der Waals surface area contributed by atoms with Crippen LogP contribution in [-0.2, 0) is 13.0 Å². The standard InChI is InChI=1S/C12H23N3/c1-4-6-11-9-15(8-5-7-13)12(14-11)10(2)3/h9-10H,4-8,13H2,1-3H3. The number of hydrogen-bond acceptors (Lipinski definition) is 2. The second-order valence-electron chi connectivity index (χ2n) is 4.33. The van der Waals surface area contributed by atoms with Crippen LogP contribution in [0.4, 0.5) is 0 Å². The maximum atomic E-state index is 5.53. The molecule has 1 rings (SSSR count). The van der Waals surface area contributed by atoms with Gasteiger partial charge in [-0.05, 0) is 19.4 Å². The highest BCUT2D eigenvalue weighted by atomic mass is 15.1. The van der Waals surface area contributed by atoms with Crippen LogP contribution in [0.3, 0.4) is 0 Å². The Bertz CT molecular complexity index is 289. The van der Waals surface area contributed by atoms with Crippen molar-refractivity contribution >= 4 is 0 Å². The monoisotopic (exact) mass is 209 g/mol. The van der Waals surface area contributed by atoms with Gasteiger partial charge in [-0.2, -0.15) is 0 Å². The van der Waals surface area contributed by atoms with Crippen LogP contribution in [0.15, 0.2) is 6.20 Å². The van der Waals surface area contributed by atoms with Crippen molar-refractivity contribution in [1.29, 1.82) is 0 Å². The summed E-state index contributed by atoms with van der Waals surface area (Å²) in [6.07, 6.45) is 5.46. The van der Waals surface area contributed by atoms with Crippen molar-refractivity contribution in [3.05, 3.63) is 17.7 Å². The lowest BCUT2D eigenvalue weighted by atomic mass is 10.2. The van der Waals surface area contributed by atoms with Crippen molar-refractivity contribution < 1.29 is 0 Å². The summed E-state index contributed by atoms with van der Waals surface area (Å²) in [5.41, 5.74) is 6.75. The van der Waals surface area contributed by atoms with E-state index in [1.807, 2.05) is 0 Å². The highest BCUT2D eigenvalue weighted by molar-refractivity contribution is 5.07. The van der Waals surface area contributed by atoms with Gasteiger partial charge in [0, 0.05) is 18.7 Å². The smallest absolute Gasteiger partial charge is 0.111 e. The molecule has 0 radical (unpaired) electrons. The van der Waals surface area contributed by atoms with Gasteiger partial charge in [0.15, 0.2) is 0 Å². The van der Waals surface area contributed by atoms with Crippen molar-refractivity contribution in [2.24, 2.45) is 5.73 Å². The van der Waals surface area contributed by atoms with Crippen LogP contribution in [0, 0.1) is 0 Å². The first-order chi connectivity index (χ1) is 7.19. The topological polar surface area (TPSA) is 43.8 Å². The molecule has 0 aliphatic rings. The predicted octanol–water partition coefficient (Wildman–Crippen LogP) is 2.31. The van der Waals surface area contributed by atoms with E-state index in [-0.39, 0.29) is 0 Å². The summed E-state index contributed by atoms with van der Waals surface area (Å²) in [4.78, 5) is 4.67. The molecule has 3 nitrogen and oxygen atoms in total. The molecular formula is C12H23N3. The van der Waals surface area contributed by atoms with Crippen molar-refractivity contribution in [3.63, 3.8) is 0 Å². The molecule has 0 bridgehead atoms. The van der Waals surface area contributed by atoms with Crippen molar-refractivity contribution in [1.82, 2.24) is 9.55 Å². The Balaban J connectivity index is 2.80. The summed E-state index contributed by atoms with van der Waals surface area (Å²) in [5.74, 6) is 1.69. The molecule has 0 amide bonds. The lowest BCUT2D eigenvalue weighted by molar-refractivity contribution is 0.594. The van der Waals surface area contributed by atoms with Gasteiger partial charge in [-0.3, -0.25) is 0 Å². The number of aromatic nitrogens is 2. The maximum Gasteiger partial charge on any atom is 0.111 e. The van der Waals surface area contributed by atoms with Gasteiger partial charge in [0.1, 0.15) is 5.82 Å². The molecule has 0 aliphatic heterocycles. The Morgan fingerprint density at radius 2 is 2.20 bits per heavy atom. The summed E-state index contributed by atoms with van der Waals surface area (Å²) in [6, 6.07) is 0. The second kappa shape index (κ2) is 5.91. The van der Waals surface area contributed by atoms with Gasteiger partial charge >= 0.3 is 0 Å². The summed E-state index contributed by atoms with van der Waals surface area (Å²) in [7, 11) is 0. The molecule has 15 heavy (non-hydrogen) atoms. The third-order valence-corrected chi connectivity index (χ3v) is 2.48. The van der Waals surface area contributed by atoms with E-state index >= 15 is 0 Å². The molecule has 0 aliphatic carbocycles. The minimum atomic E-state index is 0.494.